The van der Waals surface area contributed by atoms with Gasteiger partial charge in [0.05, 0.1) is 0 Å². The van der Waals surface area contributed by atoms with Crippen molar-refractivity contribution >= 4 is 11.9 Å². The number of carboxylic acid groups (broad SMARTS) is 2. The van der Waals surface area contributed by atoms with Crippen LogP contribution in [0.5, 0.6) is 0 Å². The first-order valence-corrected chi connectivity index (χ1v) is 11.5. The molecule has 27 heavy (non-hydrogen) atoms. The lowest BCUT2D eigenvalue weighted by molar-refractivity contribution is -0.157. The second-order valence-corrected chi connectivity index (χ2v) is 8.06. The first kappa shape index (κ1) is 25.9. The fraction of sp³-hybridized carbons (Fsp3) is 0.913. The van der Waals surface area contributed by atoms with Crippen LogP contribution >= 0.6 is 0 Å². The van der Waals surface area contributed by atoms with Gasteiger partial charge in [0.15, 0.2) is 5.92 Å². The van der Waals surface area contributed by atoms with Crippen LogP contribution in [0.15, 0.2) is 0 Å². The van der Waals surface area contributed by atoms with E-state index in [-0.39, 0.29) is 5.92 Å². The summed E-state index contributed by atoms with van der Waals surface area (Å²) in [6, 6.07) is 0. The van der Waals surface area contributed by atoms with Crippen molar-refractivity contribution in [1.82, 2.24) is 0 Å². The van der Waals surface area contributed by atoms with Crippen molar-refractivity contribution in [3.8, 4) is 0 Å². The summed E-state index contributed by atoms with van der Waals surface area (Å²) in [5.41, 5.74) is 0. The summed E-state index contributed by atoms with van der Waals surface area (Å²) in [7, 11) is 0. The Morgan fingerprint density at radius 1 is 0.593 bits per heavy atom. The number of unbranched alkanes of at least 4 members (excludes halogenated alkanes) is 14. The Labute approximate surface area is 167 Å². The molecule has 0 amide bonds. The molecule has 0 aromatic heterocycles. The normalized spacial score (nSPS) is 12.4. The minimum Gasteiger partial charge on any atom is -0.481 e. The molecule has 160 valence electrons. The Bertz CT molecular complexity index is 353. The SMILES string of the molecule is CCCCCCCCCCCCCCCCCC(CC)C(C(=O)O)C(=O)O. The maximum Gasteiger partial charge on any atom is 0.318 e. The van der Waals surface area contributed by atoms with Crippen LogP contribution in [0.4, 0.5) is 0 Å². The molecule has 0 saturated carbocycles. The zero-order valence-corrected chi connectivity index (χ0v) is 17.9. The lowest BCUT2D eigenvalue weighted by atomic mass is 9.85. The van der Waals surface area contributed by atoms with Gasteiger partial charge in [0.25, 0.3) is 0 Å². The lowest BCUT2D eigenvalue weighted by Gasteiger charge is -2.19. The Kier molecular flexibility index (Phi) is 17.6. The molecular formula is C23H44O4. The van der Waals surface area contributed by atoms with Crippen molar-refractivity contribution in [3.05, 3.63) is 0 Å². The lowest BCUT2D eigenvalue weighted by Crippen LogP contribution is -2.31. The van der Waals surface area contributed by atoms with Crippen LogP contribution < -0.4 is 0 Å². The van der Waals surface area contributed by atoms with Crippen LogP contribution in [0.25, 0.3) is 0 Å². The van der Waals surface area contributed by atoms with Gasteiger partial charge in [-0.3, -0.25) is 9.59 Å². The maximum atomic E-state index is 11.1. The molecule has 1 unspecified atom stereocenters. The highest BCUT2D eigenvalue weighted by Crippen LogP contribution is 2.24. The predicted molar refractivity (Wildman–Crippen MR) is 112 cm³/mol. The third-order valence-corrected chi connectivity index (χ3v) is 5.71. The van der Waals surface area contributed by atoms with Crippen LogP contribution in [0.3, 0.4) is 0 Å². The number of rotatable bonds is 20. The number of aliphatic carboxylic acids is 2. The van der Waals surface area contributed by atoms with Crippen molar-refractivity contribution in [1.29, 1.82) is 0 Å². The van der Waals surface area contributed by atoms with Gasteiger partial charge in [-0.15, -0.1) is 0 Å². The second kappa shape index (κ2) is 18.3. The summed E-state index contributed by atoms with van der Waals surface area (Å²) < 4.78 is 0. The van der Waals surface area contributed by atoms with Gasteiger partial charge in [0, 0.05) is 0 Å². The molecule has 0 spiro atoms. The predicted octanol–water partition coefficient (Wildman–Crippen LogP) is 7.06. The van der Waals surface area contributed by atoms with Crippen molar-refractivity contribution in [3.63, 3.8) is 0 Å². The van der Waals surface area contributed by atoms with Gasteiger partial charge in [-0.1, -0.05) is 117 Å². The quantitative estimate of drug-likeness (QED) is 0.174. The molecule has 0 heterocycles. The molecule has 4 nitrogen and oxygen atoms in total. The third kappa shape index (κ3) is 14.6. The van der Waals surface area contributed by atoms with Gasteiger partial charge in [-0.05, 0) is 12.3 Å². The van der Waals surface area contributed by atoms with Gasteiger partial charge in [0.2, 0.25) is 0 Å². The summed E-state index contributed by atoms with van der Waals surface area (Å²) in [4.78, 5) is 22.2. The van der Waals surface area contributed by atoms with Crippen molar-refractivity contribution in [2.75, 3.05) is 0 Å². The third-order valence-electron chi connectivity index (χ3n) is 5.71. The van der Waals surface area contributed by atoms with E-state index < -0.39 is 17.9 Å². The summed E-state index contributed by atoms with van der Waals surface area (Å²) in [5.74, 6) is -3.89. The fourth-order valence-corrected chi connectivity index (χ4v) is 3.89. The van der Waals surface area contributed by atoms with E-state index in [4.69, 9.17) is 10.2 Å². The van der Waals surface area contributed by atoms with E-state index in [1.807, 2.05) is 6.92 Å². The zero-order chi connectivity index (χ0) is 20.3. The Morgan fingerprint density at radius 3 is 1.22 bits per heavy atom. The highest BCUT2D eigenvalue weighted by Gasteiger charge is 2.33. The fourth-order valence-electron chi connectivity index (χ4n) is 3.89. The van der Waals surface area contributed by atoms with Gasteiger partial charge in [-0.25, -0.2) is 0 Å². The Morgan fingerprint density at radius 2 is 0.926 bits per heavy atom. The molecule has 0 fully saturated rings. The largest absolute Gasteiger partial charge is 0.481 e. The molecule has 0 radical (unpaired) electrons. The minimum absolute atomic E-state index is 0.248. The summed E-state index contributed by atoms with van der Waals surface area (Å²) in [5, 5.41) is 18.2. The standard InChI is InChI=1S/C23H44O4/c1-3-5-6-7-8-9-10-11-12-13-14-15-16-17-18-19-20(4-2)21(22(24)25)23(26)27/h20-21H,3-19H2,1-2H3,(H,24,25)(H,26,27). The zero-order valence-electron chi connectivity index (χ0n) is 17.9. The van der Waals surface area contributed by atoms with E-state index in [2.05, 4.69) is 6.92 Å². The van der Waals surface area contributed by atoms with Gasteiger partial charge < -0.3 is 10.2 Å². The average molecular weight is 385 g/mol. The Hall–Kier alpha value is -1.06. The van der Waals surface area contributed by atoms with E-state index in [0.717, 1.165) is 12.8 Å². The van der Waals surface area contributed by atoms with E-state index in [0.29, 0.717) is 12.8 Å². The molecule has 0 aliphatic rings. The molecule has 1 atom stereocenters. The number of hydrogen-bond acceptors (Lipinski definition) is 2. The van der Waals surface area contributed by atoms with Crippen LogP contribution in [0, 0.1) is 11.8 Å². The van der Waals surface area contributed by atoms with Crippen molar-refractivity contribution in [2.24, 2.45) is 11.8 Å². The molecule has 0 aromatic rings. The van der Waals surface area contributed by atoms with E-state index in [9.17, 15) is 9.59 Å². The van der Waals surface area contributed by atoms with Crippen LogP contribution in [0.2, 0.25) is 0 Å². The maximum absolute atomic E-state index is 11.1. The van der Waals surface area contributed by atoms with Crippen molar-refractivity contribution < 1.29 is 19.8 Å². The van der Waals surface area contributed by atoms with E-state index in [1.165, 1.54) is 83.5 Å². The van der Waals surface area contributed by atoms with Gasteiger partial charge in [-0.2, -0.15) is 0 Å². The monoisotopic (exact) mass is 384 g/mol. The highest BCUT2D eigenvalue weighted by molar-refractivity contribution is 5.93. The average Bonchev–Trinajstić information content (AvgIpc) is 2.63. The summed E-state index contributed by atoms with van der Waals surface area (Å²) in [6.07, 6.45) is 20.8. The summed E-state index contributed by atoms with van der Waals surface area (Å²) in [6.45, 7) is 4.14. The van der Waals surface area contributed by atoms with E-state index >= 15 is 0 Å². The molecule has 4 heteroatoms. The van der Waals surface area contributed by atoms with E-state index in [1.54, 1.807) is 0 Å². The molecular weight excluding hydrogens is 340 g/mol. The smallest absolute Gasteiger partial charge is 0.318 e. The topological polar surface area (TPSA) is 74.6 Å². The molecule has 0 aliphatic carbocycles. The molecule has 0 bridgehead atoms. The second-order valence-electron chi connectivity index (χ2n) is 8.06. The Balaban J connectivity index is 3.48. The van der Waals surface area contributed by atoms with Crippen LogP contribution in [-0.4, -0.2) is 22.2 Å². The van der Waals surface area contributed by atoms with Gasteiger partial charge >= 0.3 is 11.9 Å². The number of carbonyl (C=O) groups is 2. The molecule has 0 rings (SSSR count). The number of carboxylic acids is 2. The molecule has 0 aliphatic heterocycles. The molecule has 0 saturated heterocycles. The van der Waals surface area contributed by atoms with Gasteiger partial charge in [0.1, 0.15) is 0 Å². The van der Waals surface area contributed by atoms with Crippen LogP contribution in [-0.2, 0) is 9.59 Å². The van der Waals surface area contributed by atoms with Crippen LogP contribution in [0.1, 0.15) is 123 Å². The summed E-state index contributed by atoms with van der Waals surface area (Å²) >= 11 is 0. The molecule has 2 N–H and O–H groups in total. The first-order valence-electron chi connectivity index (χ1n) is 11.5. The number of hydrogen-bond donors (Lipinski definition) is 2. The van der Waals surface area contributed by atoms with Crippen molar-refractivity contribution in [2.45, 2.75) is 123 Å². The molecule has 0 aromatic carbocycles. The highest BCUT2D eigenvalue weighted by atomic mass is 16.4. The minimum atomic E-state index is -1.25. The first-order chi connectivity index (χ1) is 13.0.